The lowest BCUT2D eigenvalue weighted by Crippen LogP contribution is -2.33. The van der Waals surface area contributed by atoms with Gasteiger partial charge in [-0.3, -0.25) is 0 Å². The summed E-state index contributed by atoms with van der Waals surface area (Å²) < 4.78 is 26.7. The van der Waals surface area contributed by atoms with Crippen LogP contribution in [0.3, 0.4) is 0 Å². The fourth-order valence-corrected chi connectivity index (χ4v) is 3.41. The van der Waals surface area contributed by atoms with Gasteiger partial charge >= 0.3 is 0 Å². The first kappa shape index (κ1) is 13.7. The van der Waals surface area contributed by atoms with Gasteiger partial charge in [0.2, 0.25) is 10.0 Å². The van der Waals surface area contributed by atoms with Crippen LogP contribution in [0.15, 0.2) is 27.6 Å². The molecule has 3 nitrogen and oxygen atoms in total. The number of rotatable bonds is 3. The molecule has 0 aromatic heterocycles. The van der Waals surface area contributed by atoms with Crippen molar-refractivity contribution in [3.63, 3.8) is 0 Å². The SMILES string of the molecule is Cc1ccc(Br)cc1S(=O)(=O)N(C)C(C)C. The van der Waals surface area contributed by atoms with Gasteiger partial charge in [0, 0.05) is 17.6 Å². The van der Waals surface area contributed by atoms with E-state index in [1.165, 1.54) is 4.31 Å². The van der Waals surface area contributed by atoms with Gasteiger partial charge in [0.15, 0.2) is 0 Å². The molecule has 1 aromatic rings. The summed E-state index contributed by atoms with van der Waals surface area (Å²) in [6, 6.07) is 5.22. The van der Waals surface area contributed by atoms with Gasteiger partial charge in [-0.15, -0.1) is 0 Å². The number of nitrogens with zero attached hydrogens (tertiary/aromatic N) is 1. The first-order valence-corrected chi connectivity index (χ1v) is 7.24. The average Bonchev–Trinajstić information content (AvgIpc) is 2.20. The van der Waals surface area contributed by atoms with Gasteiger partial charge in [-0.05, 0) is 38.5 Å². The van der Waals surface area contributed by atoms with E-state index < -0.39 is 10.0 Å². The minimum Gasteiger partial charge on any atom is -0.207 e. The maximum Gasteiger partial charge on any atom is 0.243 e. The zero-order chi connectivity index (χ0) is 12.5. The Morgan fingerprint density at radius 2 is 1.88 bits per heavy atom. The topological polar surface area (TPSA) is 37.4 Å². The zero-order valence-electron chi connectivity index (χ0n) is 9.86. The molecule has 0 saturated heterocycles. The molecule has 0 fully saturated rings. The van der Waals surface area contributed by atoms with Gasteiger partial charge in [0.05, 0.1) is 4.90 Å². The van der Waals surface area contributed by atoms with Crippen LogP contribution in [0.5, 0.6) is 0 Å². The molecule has 0 heterocycles. The van der Waals surface area contributed by atoms with Crippen LogP contribution in [-0.4, -0.2) is 25.8 Å². The highest BCUT2D eigenvalue weighted by atomic mass is 79.9. The van der Waals surface area contributed by atoms with E-state index in [2.05, 4.69) is 15.9 Å². The zero-order valence-corrected chi connectivity index (χ0v) is 12.3. The molecule has 0 unspecified atom stereocenters. The van der Waals surface area contributed by atoms with Crippen LogP contribution in [0.25, 0.3) is 0 Å². The van der Waals surface area contributed by atoms with Crippen LogP contribution in [0.4, 0.5) is 0 Å². The molecule has 1 rings (SSSR count). The molecular formula is C11H16BrNO2S. The Labute approximate surface area is 106 Å². The summed E-state index contributed by atoms with van der Waals surface area (Å²) in [5.41, 5.74) is 0.760. The largest absolute Gasteiger partial charge is 0.243 e. The normalized spacial score (nSPS) is 12.4. The highest BCUT2D eigenvalue weighted by molar-refractivity contribution is 9.10. The third kappa shape index (κ3) is 2.64. The fourth-order valence-electron chi connectivity index (χ4n) is 1.28. The van der Waals surface area contributed by atoms with Crippen molar-refractivity contribution in [1.29, 1.82) is 0 Å². The number of aryl methyl sites for hydroxylation is 1. The van der Waals surface area contributed by atoms with Crippen molar-refractivity contribution in [2.45, 2.75) is 31.7 Å². The van der Waals surface area contributed by atoms with Crippen LogP contribution >= 0.6 is 15.9 Å². The minimum absolute atomic E-state index is 0.0524. The average molecular weight is 306 g/mol. The van der Waals surface area contributed by atoms with E-state index >= 15 is 0 Å². The Balaban J connectivity index is 3.32. The standard InChI is InChI=1S/C11H16BrNO2S/c1-8(2)13(4)16(14,15)11-7-10(12)6-5-9(11)3/h5-8H,1-4H3. The van der Waals surface area contributed by atoms with Crippen molar-refractivity contribution in [1.82, 2.24) is 4.31 Å². The first-order chi connectivity index (χ1) is 7.26. The molecule has 5 heteroatoms. The molecule has 16 heavy (non-hydrogen) atoms. The molecule has 0 aliphatic heterocycles. The van der Waals surface area contributed by atoms with Gasteiger partial charge in [-0.25, -0.2) is 8.42 Å². The minimum atomic E-state index is -3.39. The molecule has 0 radical (unpaired) electrons. The van der Waals surface area contributed by atoms with Crippen molar-refractivity contribution in [2.75, 3.05) is 7.05 Å². The Morgan fingerprint density at radius 1 is 1.31 bits per heavy atom. The van der Waals surface area contributed by atoms with Crippen molar-refractivity contribution in [2.24, 2.45) is 0 Å². The summed E-state index contributed by atoms with van der Waals surface area (Å²) >= 11 is 3.29. The number of benzene rings is 1. The van der Waals surface area contributed by atoms with E-state index in [4.69, 9.17) is 0 Å². The monoisotopic (exact) mass is 305 g/mol. The Bertz CT molecular complexity index is 483. The van der Waals surface area contributed by atoms with E-state index in [1.807, 2.05) is 19.9 Å². The summed E-state index contributed by atoms with van der Waals surface area (Å²) in [6.07, 6.45) is 0. The molecule has 1 aromatic carbocycles. The van der Waals surface area contributed by atoms with E-state index in [1.54, 1.807) is 26.1 Å². The summed E-state index contributed by atoms with van der Waals surface area (Å²) in [7, 11) is -1.79. The van der Waals surface area contributed by atoms with Crippen LogP contribution in [0.1, 0.15) is 19.4 Å². The summed E-state index contributed by atoms with van der Waals surface area (Å²) in [5, 5.41) is 0. The molecule has 0 spiro atoms. The second-order valence-corrected chi connectivity index (χ2v) is 6.91. The molecule has 0 saturated carbocycles. The fraction of sp³-hybridized carbons (Fsp3) is 0.455. The first-order valence-electron chi connectivity index (χ1n) is 5.01. The molecule has 0 atom stereocenters. The van der Waals surface area contributed by atoms with Crippen molar-refractivity contribution in [3.05, 3.63) is 28.2 Å². The van der Waals surface area contributed by atoms with E-state index in [9.17, 15) is 8.42 Å². The van der Waals surface area contributed by atoms with Crippen LogP contribution in [0, 0.1) is 6.92 Å². The molecule has 0 N–H and O–H groups in total. The maximum absolute atomic E-state index is 12.3. The van der Waals surface area contributed by atoms with Gasteiger partial charge in [-0.2, -0.15) is 4.31 Å². The van der Waals surface area contributed by atoms with Gasteiger partial charge in [0.25, 0.3) is 0 Å². The van der Waals surface area contributed by atoms with E-state index in [0.29, 0.717) is 4.90 Å². The molecule has 0 bridgehead atoms. The van der Waals surface area contributed by atoms with Gasteiger partial charge in [-0.1, -0.05) is 22.0 Å². The Morgan fingerprint density at radius 3 is 2.38 bits per heavy atom. The van der Waals surface area contributed by atoms with Gasteiger partial charge < -0.3 is 0 Å². The molecule has 0 amide bonds. The van der Waals surface area contributed by atoms with E-state index in [0.717, 1.165) is 10.0 Å². The predicted molar refractivity (Wildman–Crippen MR) is 69.0 cm³/mol. The summed E-state index contributed by atoms with van der Waals surface area (Å²) in [4.78, 5) is 0.359. The van der Waals surface area contributed by atoms with Crippen LogP contribution < -0.4 is 0 Å². The van der Waals surface area contributed by atoms with Gasteiger partial charge in [0.1, 0.15) is 0 Å². The van der Waals surface area contributed by atoms with Crippen molar-refractivity contribution < 1.29 is 8.42 Å². The maximum atomic E-state index is 12.3. The number of halogens is 1. The number of hydrogen-bond acceptors (Lipinski definition) is 2. The third-order valence-electron chi connectivity index (χ3n) is 2.53. The van der Waals surface area contributed by atoms with Crippen LogP contribution in [0.2, 0.25) is 0 Å². The van der Waals surface area contributed by atoms with Crippen molar-refractivity contribution in [3.8, 4) is 0 Å². The lowest BCUT2D eigenvalue weighted by atomic mass is 10.2. The second-order valence-electron chi connectivity index (χ2n) is 4.02. The quantitative estimate of drug-likeness (QED) is 0.861. The molecule has 90 valence electrons. The van der Waals surface area contributed by atoms with Crippen molar-refractivity contribution >= 4 is 26.0 Å². The number of sulfonamides is 1. The highest BCUT2D eigenvalue weighted by Crippen LogP contribution is 2.24. The third-order valence-corrected chi connectivity index (χ3v) is 5.20. The predicted octanol–water partition coefficient (Wildman–Crippen LogP) is 2.79. The Hall–Kier alpha value is -0.390. The van der Waals surface area contributed by atoms with Crippen LogP contribution in [-0.2, 0) is 10.0 Å². The van der Waals surface area contributed by atoms with E-state index in [-0.39, 0.29) is 6.04 Å². The smallest absolute Gasteiger partial charge is 0.207 e. The lowest BCUT2D eigenvalue weighted by Gasteiger charge is -2.22. The summed E-state index contributed by atoms with van der Waals surface area (Å²) in [5.74, 6) is 0. The molecular weight excluding hydrogens is 290 g/mol. The highest BCUT2D eigenvalue weighted by Gasteiger charge is 2.24. The lowest BCUT2D eigenvalue weighted by molar-refractivity contribution is 0.410. The number of hydrogen-bond donors (Lipinski definition) is 0. The molecule has 0 aliphatic rings. The second kappa shape index (κ2) is 4.85. The Kier molecular flexibility index (Phi) is 4.15. The molecule has 0 aliphatic carbocycles. The summed E-state index contributed by atoms with van der Waals surface area (Å²) in [6.45, 7) is 5.50.